The number of H-pyrrole nitrogens is 2. The van der Waals surface area contributed by atoms with Crippen molar-refractivity contribution in [3.8, 4) is 11.3 Å². The van der Waals surface area contributed by atoms with Gasteiger partial charge in [0.15, 0.2) is 0 Å². The van der Waals surface area contributed by atoms with Crippen molar-refractivity contribution >= 4 is 11.0 Å². The summed E-state index contributed by atoms with van der Waals surface area (Å²) in [6.07, 6.45) is 2.74. The second-order valence-electron chi connectivity index (χ2n) is 5.55. The monoisotopic (exact) mass is 269 g/mol. The van der Waals surface area contributed by atoms with Crippen LogP contribution in [-0.4, -0.2) is 20.2 Å². The Morgan fingerprint density at radius 1 is 1.25 bits per heavy atom. The summed E-state index contributed by atoms with van der Waals surface area (Å²) in [5.41, 5.74) is 10.1. The number of aromatic amines is 2. The standard InChI is InChI=1S/C15H19N5/c1-9(2)7-11(16)15-18-13-4-3-10(8-14(13)19-15)12-5-6-17-20-12/h3-6,8-9,11H,7,16H2,1-2H3,(H,17,20)(H,18,19)/t11-/m1/s1. The van der Waals surface area contributed by atoms with Crippen LogP contribution < -0.4 is 5.73 Å². The molecule has 0 aliphatic rings. The molecule has 3 aromatic rings. The van der Waals surface area contributed by atoms with Gasteiger partial charge < -0.3 is 10.7 Å². The number of fused-ring (bicyclic) bond motifs is 1. The Hall–Kier alpha value is -2.14. The third-order valence-electron chi connectivity index (χ3n) is 3.37. The van der Waals surface area contributed by atoms with Gasteiger partial charge in [-0.25, -0.2) is 4.98 Å². The van der Waals surface area contributed by atoms with Crippen molar-refractivity contribution in [2.45, 2.75) is 26.3 Å². The Morgan fingerprint density at radius 3 is 2.80 bits per heavy atom. The maximum Gasteiger partial charge on any atom is 0.124 e. The van der Waals surface area contributed by atoms with E-state index in [2.05, 4.69) is 34.0 Å². The molecule has 2 aromatic heterocycles. The van der Waals surface area contributed by atoms with E-state index in [-0.39, 0.29) is 6.04 Å². The van der Waals surface area contributed by atoms with E-state index in [1.54, 1.807) is 0 Å². The van der Waals surface area contributed by atoms with Crippen LogP contribution in [0.3, 0.4) is 0 Å². The highest BCUT2D eigenvalue weighted by molar-refractivity contribution is 5.81. The highest BCUT2D eigenvalue weighted by Gasteiger charge is 2.13. The van der Waals surface area contributed by atoms with Crippen LogP contribution in [0.2, 0.25) is 0 Å². The molecule has 0 unspecified atom stereocenters. The maximum absolute atomic E-state index is 6.18. The second kappa shape index (κ2) is 5.09. The first-order chi connectivity index (χ1) is 9.63. The van der Waals surface area contributed by atoms with E-state index in [4.69, 9.17) is 5.73 Å². The molecule has 2 heterocycles. The van der Waals surface area contributed by atoms with Gasteiger partial charge in [-0.2, -0.15) is 5.10 Å². The number of hydrogen-bond donors (Lipinski definition) is 3. The molecule has 20 heavy (non-hydrogen) atoms. The zero-order valence-corrected chi connectivity index (χ0v) is 11.7. The first-order valence-corrected chi connectivity index (χ1v) is 6.89. The number of rotatable bonds is 4. The highest BCUT2D eigenvalue weighted by Crippen LogP contribution is 2.24. The molecule has 104 valence electrons. The summed E-state index contributed by atoms with van der Waals surface area (Å²) >= 11 is 0. The van der Waals surface area contributed by atoms with E-state index in [0.717, 1.165) is 34.5 Å². The summed E-state index contributed by atoms with van der Waals surface area (Å²) in [7, 11) is 0. The Bertz CT molecular complexity index is 696. The zero-order chi connectivity index (χ0) is 14.1. The average molecular weight is 269 g/mol. The minimum Gasteiger partial charge on any atom is -0.341 e. The van der Waals surface area contributed by atoms with Gasteiger partial charge in [-0.15, -0.1) is 0 Å². The highest BCUT2D eigenvalue weighted by atomic mass is 15.1. The fraction of sp³-hybridized carbons (Fsp3) is 0.333. The van der Waals surface area contributed by atoms with Crippen LogP contribution in [0, 0.1) is 5.92 Å². The predicted molar refractivity (Wildman–Crippen MR) is 80.1 cm³/mol. The fourth-order valence-electron chi connectivity index (χ4n) is 2.40. The number of imidazole rings is 1. The molecule has 0 aliphatic carbocycles. The van der Waals surface area contributed by atoms with E-state index in [0.29, 0.717) is 5.92 Å². The zero-order valence-electron chi connectivity index (χ0n) is 11.7. The smallest absolute Gasteiger partial charge is 0.124 e. The van der Waals surface area contributed by atoms with Crippen LogP contribution >= 0.6 is 0 Å². The van der Waals surface area contributed by atoms with Gasteiger partial charge in [0.1, 0.15) is 5.82 Å². The van der Waals surface area contributed by atoms with E-state index in [9.17, 15) is 0 Å². The van der Waals surface area contributed by atoms with Crippen LogP contribution in [0.1, 0.15) is 32.1 Å². The molecule has 0 aliphatic heterocycles. The number of nitrogens with zero attached hydrogens (tertiary/aromatic N) is 2. The topological polar surface area (TPSA) is 83.4 Å². The van der Waals surface area contributed by atoms with Gasteiger partial charge in [-0.05, 0) is 30.5 Å². The number of hydrogen-bond acceptors (Lipinski definition) is 3. The van der Waals surface area contributed by atoms with Gasteiger partial charge in [0.05, 0.1) is 22.8 Å². The lowest BCUT2D eigenvalue weighted by atomic mass is 10.0. The predicted octanol–water partition coefficient (Wildman–Crippen LogP) is 3.00. The number of nitrogens with one attached hydrogen (secondary N) is 2. The summed E-state index contributed by atoms with van der Waals surface area (Å²) in [5, 5.41) is 7.01. The largest absolute Gasteiger partial charge is 0.341 e. The molecule has 3 rings (SSSR count). The van der Waals surface area contributed by atoms with Crippen LogP contribution in [0.25, 0.3) is 22.3 Å². The third kappa shape index (κ3) is 2.44. The molecule has 1 atom stereocenters. The molecule has 5 heteroatoms. The van der Waals surface area contributed by atoms with Crippen molar-refractivity contribution in [1.82, 2.24) is 20.2 Å². The molecule has 0 saturated carbocycles. The first kappa shape index (κ1) is 12.9. The van der Waals surface area contributed by atoms with Gasteiger partial charge in [0.25, 0.3) is 0 Å². The van der Waals surface area contributed by atoms with Gasteiger partial charge >= 0.3 is 0 Å². The summed E-state index contributed by atoms with van der Waals surface area (Å²) < 4.78 is 0. The Balaban J connectivity index is 1.95. The van der Waals surface area contributed by atoms with Crippen molar-refractivity contribution in [1.29, 1.82) is 0 Å². The molecule has 5 nitrogen and oxygen atoms in total. The molecule has 1 aromatic carbocycles. The number of nitrogens with two attached hydrogens (primary N) is 1. The molecule has 0 radical (unpaired) electrons. The lowest BCUT2D eigenvalue weighted by Gasteiger charge is -2.10. The SMILES string of the molecule is CC(C)C[C@@H](N)c1nc2cc(-c3cc[nH]n3)ccc2[nH]1. The van der Waals surface area contributed by atoms with Crippen LogP contribution in [0.4, 0.5) is 0 Å². The van der Waals surface area contributed by atoms with Crippen LogP contribution in [0.5, 0.6) is 0 Å². The van der Waals surface area contributed by atoms with E-state index in [1.807, 2.05) is 30.5 Å². The molecule has 0 fully saturated rings. The van der Waals surface area contributed by atoms with E-state index >= 15 is 0 Å². The molecule has 0 bridgehead atoms. The Kier molecular flexibility index (Phi) is 3.28. The van der Waals surface area contributed by atoms with Gasteiger partial charge in [0, 0.05) is 11.8 Å². The molecular formula is C15H19N5. The van der Waals surface area contributed by atoms with Gasteiger partial charge in [0.2, 0.25) is 0 Å². The maximum atomic E-state index is 6.18. The summed E-state index contributed by atoms with van der Waals surface area (Å²) in [5.74, 6) is 1.41. The average Bonchev–Trinajstić information content (AvgIpc) is 3.06. The molecule has 0 saturated heterocycles. The van der Waals surface area contributed by atoms with Crippen molar-refractivity contribution in [2.24, 2.45) is 11.7 Å². The summed E-state index contributed by atoms with van der Waals surface area (Å²) in [6.45, 7) is 4.33. The number of benzene rings is 1. The third-order valence-corrected chi connectivity index (χ3v) is 3.37. The quantitative estimate of drug-likeness (QED) is 0.680. The summed E-state index contributed by atoms with van der Waals surface area (Å²) in [6, 6.07) is 8.00. The van der Waals surface area contributed by atoms with Crippen molar-refractivity contribution < 1.29 is 0 Å². The van der Waals surface area contributed by atoms with Crippen LogP contribution in [-0.2, 0) is 0 Å². The van der Waals surface area contributed by atoms with Crippen molar-refractivity contribution in [3.05, 3.63) is 36.3 Å². The number of aromatic nitrogens is 4. The minimum absolute atomic E-state index is 0.0452. The molecule has 0 amide bonds. The van der Waals surface area contributed by atoms with E-state index in [1.165, 1.54) is 0 Å². The van der Waals surface area contributed by atoms with Gasteiger partial charge in [-0.1, -0.05) is 19.9 Å². The Labute approximate surface area is 117 Å². The van der Waals surface area contributed by atoms with Crippen LogP contribution in [0.15, 0.2) is 30.5 Å². The van der Waals surface area contributed by atoms with E-state index < -0.39 is 0 Å². The summed E-state index contributed by atoms with van der Waals surface area (Å²) in [4.78, 5) is 7.93. The minimum atomic E-state index is -0.0452. The fourth-order valence-corrected chi connectivity index (χ4v) is 2.40. The Morgan fingerprint density at radius 2 is 2.10 bits per heavy atom. The lowest BCUT2D eigenvalue weighted by Crippen LogP contribution is -2.14. The normalized spacial score (nSPS) is 13.2. The lowest BCUT2D eigenvalue weighted by molar-refractivity contribution is 0.496. The molecule has 4 N–H and O–H groups in total. The second-order valence-corrected chi connectivity index (χ2v) is 5.55. The molecule has 0 spiro atoms. The molecular weight excluding hydrogens is 250 g/mol. The van der Waals surface area contributed by atoms with Crippen molar-refractivity contribution in [3.63, 3.8) is 0 Å². The first-order valence-electron chi connectivity index (χ1n) is 6.89. The van der Waals surface area contributed by atoms with Gasteiger partial charge in [-0.3, -0.25) is 5.10 Å². The van der Waals surface area contributed by atoms with Crippen molar-refractivity contribution in [2.75, 3.05) is 0 Å².